The molecule has 0 aromatic heterocycles. The maximum Gasteiger partial charge on any atom is 0.0826 e. The van der Waals surface area contributed by atoms with Crippen molar-refractivity contribution >= 4 is 23.2 Å². The number of rotatable bonds is 3. The average molecular weight is 221 g/mol. The van der Waals surface area contributed by atoms with Gasteiger partial charge in [0.2, 0.25) is 0 Å². The molecule has 1 atom stereocenters. The van der Waals surface area contributed by atoms with E-state index in [0.29, 0.717) is 15.6 Å². The van der Waals surface area contributed by atoms with Crippen molar-refractivity contribution in [3.8, 4) is 0 Å². The van der Waals surface area contributed by atoms with Gasteiger partial charge in [0.1, 0.15) is 0 Å². The van der Waals surface area contributed by atoms with E-state index in [1.807, 2.05) is 0 Å². The molecule has 0 bridgehead atoms. The Morgan fingerprint density at radius 2 is 2.00 bits per heavy atom. The predicted molar refractivity (Wildman–Crippen MR) is 53.1 cm³/mol. The standard InChI is InChI=1S/C9H10Cl2O2/c10-6-1-2-8(11)7(5-6)9(13)3-4-12/h1-2,5,9,12-13H,3-4H2. The number of hydrogen-bond donors (Lipinski definition) is 2. The molecule has 0 aliphatic carbocycles. The minimum Gasteiger partial charge on any atom is -0.396 e. The molecule has 0 saturated heterocycles. The third-order valence-electron chi connectivity index (χ3n) is 1.72. The molecule has 0 saturated carbocycles. The van der Waals surface area contributed by atoms with Crippen molar-refractivity contribution in [1.82, 2.24) is 0 Å². The van der Waals surface area contributed by atoms with Gasteiger partial charge in [-0.2, -0.15) is 0 Å². The van der Waals surface area contributed by atoms with Gasteiger partial charge in [-0.3, -0.25) is 0 Å². The van der Waals surface area contributed by atoms with Crippen molar-refractivity contribution in [1.29, 1.82) is 0 Å². The van der Waals surface area contributed by atoms with Crippen molar-refractivity contribution in [2.75, 3.05) is 6.61 Å². The van der Waals surface area contributed by atoms with Crippen LogP contribution in [0.3, 0.4) is 0 Å². The van der Waals surface area contributed by atoms with Crippen molar-refractivity contribution in [3.05, 3.63) is 33.8 Å². The number of benzene rings is 1. The van der Waals surface area contributed by atoms with Crippen LogP contribution in [-0.4, -0.2) is 16.8 Å². The fourth-order valence-corrected chi connectivity index (χ4v) is 1.47. The lowest BCUT2D eigenvalue weighted by Crippen LogP contribution is -2.00. The normalized spacial score (nSPS) is 12.9. The van der Waals surface area contributed by atoms with Crippen molar-refractivity contribution in [2.45, 2.75) is 12.5 Å². The maximum atomic E-state index is 9.52. The molecule has 2 N–H and O–H groups in total. The second kappa shape index (κ2) is 4.82. The van der Waals surface area contributed by atoms with Crippen LogP contribution in [-0.2, 0) is 0 Å². The summed E-state index contributed by atoms with van der Waals surface area (Å²) >= 11 is 11.6. The molecule has 0 radical (unpaired) electrons. The smallest absolute Gasteiger partial charge is 0.0826 e. The molecule has 0 aliphatic heterocycles. The van der Waals surface area contributed by atoms with Crippen LogP contribution in [0.15, 0.2) is 18.2 Å². The molecular weight excluding hydrogens is 211 g/mol. The largest absolute Gasteiger partial charge is 0.396 e. The Morgan fingerprint density at radius 3 is 2.62 bits per heavy atom. The second-order valence-electron chi connectivity index (χ2n) is 2.69. The summed E-state index contributed by atoms with van der Waals surface area (Å²) in [4.78, 5) is 0. The number of aliphatic hydroxyl groups is 2. The lowest BCUT2D eigenvalue weighted by molar-refractivity contribution is 0.134. The van der Waals surface area contributed by atoms with Gasteiger partial charge in [-0.1, -0.05) is 23.2 Å². The highest BCUT2D eigenvalue weighted by molar-refractivity contribution is 6.33. The number of aliphatic hydroxyl groups excluding tert-OH is 2. The first-order chi connectivity index (χ1) is 6.15. The lowest BCUT2D eigenvalue weighted by atomic mass is 10.1. The van der Waals surface area contributed by atoms with Crippen LogP contribution < -0.4 is 0 Å². The highest BCUT2D eigenvalue weighted by atomic mass is 35.5. The maximum absolute atomic E-state index is 9.52. The van der Waals surface area contributed by atoms with E-state index < -0.39 is 6.10 Å². The van der Waals surface area contributed by atoms with Crippen molar-refractivity contribution in [2.24, 2.45) is 0 Å². The zero-order chi connectivity index (χ0) is 9.84. The van der Waals surface area contributed by atoms with Crippen molar-refractivity contribution in [3.63, 3.8) is 0 Å². The van der Waals surface area contributed by atoms with E-state index >= 15 is 0 Å². The SMILES string of the molecule is OCCC(O)c1cc(Cl)ccc1Cl. The molecule has 0 fully saturated rings. The van der Waals surface area contributed by atoms with E-state index in [1.165, 1.54) is 0 Å². The van der Waals surface area contributed by atoms with Gasteiger partial charge in [-0.15, -0.1) is 0 Å². The summed E-state index contributed by atoms with van der Waals surface area (Å²) in [5.74, 6) is 0. The third-order valence-corrected chi connectivity index (χ3v) is 2.30. The summed E-state index contributed by atoms with van der Waals surface area (Å²) in [7, 11) is 0. The quantitative estimate of drug-likeness (QED) is 0.822. The molecule has 4 heteroatoms. The van der Waals surface area contributed by atoms with Gasteiger partial charge in [0.15, 0.2) is 0 Å². The molecule has 0 aliphatic rings. The van der Waals surface area contributed by atoms with Crippen LogP contribution in [0, 0.1) is 0 Å². The summed E-state index contributed by atoms with van der Waals surface area (Å²) in [5.41, 5.74) is 0.559. The van der Waals surface area contributed by atoms with Crippen LogP contribution in [0.25, 0.3) is 0 Å². The monoisotopic (exact) mass is 220 g/mol. The minimum atomic E-state index is -0.754. The summed E-state index contributed by atoms with van der Waals surface area (Å²) in [6.45, 7) is -0.0794. The first kappa shape index (κ1) is 10.8. The van der Waals surface area contributed by atoms with Crippen molar-refractivity contribution < 1.29 is 10.2 Å². The summed E-state index contributed by atoms with van der Waals surface area (Å²) in [5, 5.41) is 19.1. The van der Waals surface area contributed by atoms with Crippen LogP contribution in [0.5, 0.6) is 0 Å². The summed E-state index contributed by atoms with van der Waals surface area (Å²) in [6, 6.07) is 4.88. The molecule has 1 unspecified atom stereocenters. The molecule has 2 nitrogen and oxygen atoms in total. The molecule has 0 amide bonds. The van der Waals surface area contributed by atoms with Gasteiger partial charge in [0.05, 0.1) is 6.10 Å². The Morgan fingerprint density at radius 1 is 1.31 bits per heavy atom. The zero-order valence-electron chi connectivity index (χ0n) is 6.87. The molecule has 1 aromatic rings. The van der Waals surface area contributed by atoms with Gasteiger partial charge in [0, 0.05) is 28.6 Å². The van der Waals surface area contributed by atoms with E-state index in [9.17, 15) is 5.11 Å². The Labute approximate surface area is 86.7 Å². The van der Waals surface area contributed by atoms with E-state index in [2.05, 4.69) is 0 Å². The van der Waals surface area contributed by atoms with Crippen LogP contribution in [0.4, 0.5) is 0 Å². The minimum absolute atomic E-state index is 0.0794. The Hall–Kier alpha value is -0.280. The summed E-state index contributed by atoms with van der Waals surface area (Å²) in [6.07, 6.45) is -0.490. The topological polar surface area (TPSA) is 40.5 Å². The molecular formula is C9H10Cl2O2. The summed E-state index contributed by atoms with van der Waals surface area (Å²) < 4.78 is 0. The first-order valence-corrected chi connectivity index (χ1v) is 4.64. The van der Waals surface area contributed by atoms with E-state index in [1.54, 1.807) is 18.2 Å². The van der Waals surface area contributed by atoms with E-state index in [4.69, 9.17) is 28.3 Å². The number of hydrogen-bond acceptors (Lipinski definition) is 2. The number of halogens is 2. The van der Waals surface area contributed by atoms with Crippen LogP contribution in [0.2, 0.25) is 10.0 Å². The average Bonchev–Trinajstić information content (AvgIpc) is 2.09. The van der Waals surface area contributed by atoms with Gasteiger partial charge in [0.25, 0.3) is 0 Å². The van der Waals surface area contributed by atoms with E-state index in [-0.39, 0.29) is 13.0 Å². The molecule has 1 rings (SSSR count). The Bertz CT molecular complexity index is 289. The predicted octanol–water partition coefficient (Wildman–Crippen LogP) is 2.41. The highest BCUT2D eigenvalue weighted by Gasteiger charge is 2.10. The molecule has 0 heterocycles. The second-order valence-corrected chi connectivity index (χ2v) is 3.54. The Balaban J connectivity index is 2.91. The van der Waals surface area contributed by atoms with Gasteiger partial charge < -0.3 is 10.2 Å². The third kappa shape index (κ3) is 2.85. The van der Waals surface area contributed by atoms with Crippen LogP contribution >= 0.6 is 23.2 Å². The first-order valence-electron chi connectivity index (χ1n) is 3.89. The highest BCUT2D eigenvalue weighted by Crippen LogP contribution is 2.27. The zero-order valence-corrected chi connectivity index (χ0v) is 8.39. The van der Waals surface area contributed by atoms with Gasteiger partial charge in [-0.05, 0) is 18.2 Å². The molecule has 72 valence electrons. The van der Waals surface area contributed by atoms with Crippen LogP contribution in [0.1, 0.15) is 18.1 Å². The lowest BCUT2D eigenvalue weighted by Gasteiger charge is -2.11. The molecule has 1 aromatic carbocycles. The van der Waals surface area contributed by atoms with Gasteiger partial charge in [-0.25, -0.2) is 0 Å². The van der Waals surface area contributed by atoms with Gasteiger partial charge >= 0.3 is 0 Å². The molecule has 0 spiro atoms. The fraction of sp³-hybridized carbons (Fsp3) is 0.333. The fourth-order valence-electron chi connectivity index (χ4n) is 1.05. The molecule has 13 heavy (non-hydrogen) atoms. The van der Waals surface area contributed by atoms with E-state index in [0.717, 1.165) is 0 Å². The Kier molecular flexibility index (Phi) is 4.00.